The highest BCUT2D eigenvalue weighted by Crippen LogP contribution is 2.30. The molecule has 0 saturated heterocycles. The van der Waals surface area contributed by atoms with Gasteiger partial charge in [-0.2, -0.15) is 0 Å². The Hall–Kier alpha value is -0.570. The lowest BCUT2D eigenvalue weighted by atomic mass is 9.85. The molecule has 0 heterocycles. The number of carbonyl (C=O) groups is 1. The average molecular weight is 157 g/mol. The second kappa shape index (κ2) is 3.22. The lowest BCUT2D eigenvalue weighted by Gasteiger charge is -2.36. The van der Waals surface area contributed by atoms with E-state index in [-0.39, 0.29) is 0 Å². The average Bonchev–Trinajstić information content (AvgIpc) is 2.05. The predicted octanol–water partition coefficient (Wildman–Crippen LogP) is 0.0856. The summed E-state index contributed by atoms with van der Waals surface area (Å²) >= 11 is 0. The van der Waals surface area contributed by atoms with Crippen molar-refractivity contribution in [3.63, 3.8) is 0 Å². The fourth-order valence-corrected chi connectivity index (χ4v) is 1.61. The molecule has 3 heteroatoms. The Morgan fingerprint density at radius 1 is 1.36 bits per heavy atom. The number of hydrogen-bond acceptors (Lipinski definition) is 3. The van der Waals surface area contributed by atoms with Crippen LogP contribution in [0, 0.1) is 0 Å². The number of methoxy groups -OCH3 is 1. The zero-order chi connectivity index (χ0) is 8.32. The molecule has 0 radical (unpaired) electrons. The lowest BCUT2D eigenvalue weighted by molar-refractivity contribution is -0.328. The van der Waals surface area contributed by atoms with E-state index in [0.717, 1.165) is 19.3 Å². The lowest BCUT2D eigenvalue weighted by Crippen LogP contribution is -2.50. The Kier molecular flexibility index (Phi) is 2.49. The second-order valence-corrected chi connectivity index (χ2v) is 3.05. The molecular weight excluding hydrogens is 144 g/mol. The van der Waals surface area contributed by atoms with Crippen molar-refractivity contribution >= 4 is 5.97 Å². The highest BCUT2D eigenvalue weighted by atomic mass is 16.5. The van der Waals surface area contributed by atoms with Crippen molar-refractivity contribution in [3.05, 3.63) is 0 Å². The van der Waals surface area contributed by atoms with Crippen molar-refractivity contribution in [2.24, 2.45) is 0 Å². The maximum atomic E-state index is 10.7. The zero-order valence-electron chi connectivity index (χ0n) is 6.76. The molecule has 0 N–H and O–H groups in total. The smallest absolute Gasteiger partial charge is 0.107 e. The van der Waals surface area contributed by atoms with Gasteiger partial charge in [0.25, 0.3) is 0 Å². The van der Waals surface area contributed by atoms with Gasteiger partial charge in [0.15, 0.2) is 0 Å². The van der Waals surface area contributed by atoms with Gasteiger partial charge < -0.3 is 14.6 Å². The Labute approximate surface area is 66.4 Å². The standard InChI is InChI=1S/C8H14O3/c1-11-8(7(9)10)5-3-2-4-6-8/h2-6H2,1H3,(H,9,10)/p-1. The van der Waals surface area contributed by atoms with Gasteiger partial charge in [-0.1, -0.05) is 19.3 Å². The number of carboxylic acids is 1. The normalized spacial score (nSPS) is 23.0. The van der Waals surface area contributed by atoms with Crippen LogP contribution < -0.4 is 5.11 Å². The van der Waals surface area contributed by atoms with Gasteiger partial charge in [0.2, 0.25) is 0 Å². The topological polar surface area (TPSA) is 49.4 Å². The first kappa shape index (κ1) is 8.53. The molecule has 11 heavy (non-hydrogen) atoms. The van der Waals surface area contributed by atoms with E-state index in [2.05, 4.69) is 0 Å². The van der Waals surface area contributed by atoms with Crippen LogP contribution in [0.15, 0.2) is 0 Å². The van der Waals surface area contributed by atoms with Crippen LogP contribution in [-0.2, 0) is 9.53 Å². The molecule has 0 aliphatic heterocycles. The van der Waals surface area contributed by atoms with Gasteiger partial charge in [0, 0.05) is 7.11 Å². The zero-order valence-corrected chi connectivity index (χ0v) is 6.76. The van der Waals surface area contributed by atoms with Crippen LogP contribution in [0.4, 0.5) is 0 Å². The summed E-state index contributed by atoms with van der Waals surface area (Å²) in [7, 11) is 1.45. The molecule has 3 nitrogen and oxygen atoms in total. The van der Waals surface area contributed by atoms with Crippen molar-refractivity contribution in [2.45, 2.75) is 37.7 Å². The molecule has 0 amide bonds. The van der Waals surface area contributed by atoms with Crippen LogP contribution in [-0.4, -0.2) is 18.7 Å². The van der Waals surface area contributed by atoms with E-state index in [0.29, 0.717) is 12.8 Å². The highest BCUT2D eigenvalue weighted by molar-refractivity contribution is 5.75. The Morgan fingerprint density at radius 3 is 2.18 bits per heavy atom. The maximum absolute atomic E-state index is 10.7. The SMILES string of the molecule is COC1(C(=O)[O-])CCCCC1. The Balaban J connectivity index is 2.64. The van der Waals surface area contributed by atoms with Crippen LogP contribution in [0.25, 0.3) is 0 Å². The van der Waals surface area contributed by atoms with Gasteiger partial charge in [0.05, 0.1) is 5.97 Å². The maximum Gasteiger partial charge on any atom is 0.107 e. The third kappa shape index (κ3) is 1.53. The van der Waals surface area contributed by atoms with Gasteiger partial charge in [-0.15, -0.1) is 0 Å². The Bertz CT molecular complexity index is 147. The molecule has 1 saturated carbocycles. The quantitative estimate of drug-likeness (QED) is 0.570. The summed E-state index contributed by atoms with van der Waals surface area (Å²) in [5.41, 5.74) is -0.974. The van der Waals surface area contributed by atoms with Crippen LogP contribution >= 0.6 is 0 Å². The van der Waals surface area contributed by atoms with Crippen LogP contribution in [0.2, 0.25) is 0 Å². The minimum atomic E-state index is -1.06. The van der Waals surface area contributed by atoms with E-state index in [4.69, 9.17) is 4.74 Å². The molecule has 0 aromatic carbocycles. The first-order chi connectivity index (χ1) is 5.21. The summed E-state index contributed by atoms with van der Waals surface area (Å²) < 4.78 is 4.98. The van der Waals surface area contributed by atoms with E-state index >= 15 is 0 Å². The van der Waals surface area contributed by atoms with E-state index < -0.39 is 11.6 Å². The number of ether oxygens (including phenoxy) is 1. The molecule has 0 unspecified atom stereocenters. The summed E-state index contributed by atoms with van der Waals surface area (Å²) in [5, 5.41) is 10.7. The predicted molar refractivity (Wildman–Crippen MR) is 37.8 cm³/mol. The second-order valence-electron chi connectivity index (χ2n) is 3.05. The van der Waals surface area contributed by atoms with E-state index in [1.807, 2.05) is 0 Å². The summed E-state index contributed by atoms with van der Waals surface area (Å²) in [6, 6.07) is 0. The van der Waals surface area contributed by atoms with Crippen LogP contribution in [0.5, 0.6) is 0 Å². The van der Waals surface area contributed by atoms with E-state index in [1.54, 1.807) is 0 Å². The number of rotatable bonds is 2. The third-order valence-electron chi connectivity index (χ3n) is 2.42. The molecule has 0 bridgehead atoms. The summed E-state index contributed by atoms with van der Waals surface area (Å²) in [5.74, 6) is -1.06. The molecule has 1 aliphatic carbocycles. The highest BCUT2D eigenvalue weighted by Gasteiger charge is 2.32. The minimum Gasteiger partial charge on any atom is -0.547 e. The summed E-state index contributed by atoms with van der Waals surface area (Å²) in [4.78, 5) is 10.7. The number of aliphatic carboxylic acids is 1. The first-order valence-electron chi connectivity index (χ1n) is 3.98. The molecule has 1 fully saturated rings. The van der Waals surface area contributed by atoms with Gasteiger partial charge in [-0.25, -0.2) is 0 Å². The van der Waals surface area contributed by atoms with Crippen molar-refractivity contribution < 1.29 is 14.6 Å². The number of carbonyl (C=O) groups excluding carboxylic acids is 1. The van der Waals surface area contributed by atoms with Crippen LogP contribution in [0.1, 0.15) is 32.1 Å². The molecule has 1 aliphatic rings. The largest absolute Gasteiger partial charge is 0.547 e. The molecular formula is C8H13O3-. The van der Waals surface area contributed by atoms with Gasteiger partial charge in [-0.3, -0.25) is 0 Å². The molecule has 1 rings (SSSR count). The first-order valence-corrected chi connectivity index (χ1v) is 3.98. The van der Waals surface area contributed by atoms with Crippen molar-refractivity contribution in [3.8, 4) is 0 Å². The fourth-order valence-electron chi connectivity index (χ4n) is 1.61. The number of carboxylic acid groups (broad SMARTS) is 1. The van der Waals surface area contributed by atoms with Crippen molar-refractivity contribution in [1.29, 1.82) is 0 Å². The van der Waals surface area contributed by atoms with Crippen molar-refractivity contribution in [2.75, 3.05) is 7.11 Å². The minimum absolute atomic E-state index is 0.603. The third-order valence-corrected chi connectivity index (χ3v) is 2.42. The molecule has 64 valence electrons. The fraction of sp³-hybridized carbons (Fsp3) is 0.875. The van der Waals surface area contributed by atoms with Gasteiger partial charge in [0.1, 0.15) is 5.60 Å². The summed E-state index contributed by atoms with van der Waals surface area (Å²) in [6.45, 7) is 0. The monoisotopic (exact) mass is 157 g/mol. The molecule has 0 spiro atoms. The summed E-state index contributed by atoms with van der Waals surface area (Å²) in [6.07, 6.45) is 4.18. The molecule has 0 atom stereocenters. The Morgan fingerprint density at radius 2 is 1.91 bits per heavy atom. The number of hydrogen-bond donors (Lipinski definition) is 0. The van der Waals surface area contributed by atoms with E-state index in [1.165, 1.54) is 7.11 Å². The van der Waals surface area contributed by atoms with Gasteiger partial charge in [-0.05, 0) is 12.8 Å². The molecule has 0 aromatic rings. The molecule has 0 aromatic heterocycles. The van der Waals surface area contributed by atoms with Crippen molar-refractivity contribution in [1.82, 2.24) is 0 Å². The van der Waals surface area contributed by atoms with Gasteiger partial charge >= 0.3 is 0 Å². The van der Waals surface area contributed by atoms with E-state index in [9.17, 15) is 9.90 Å². The van der Waals surface area contributed by atoms with Crippen LogP contribution in [0.3, 0.4) is 0 Å².